The van der Waals surface area contributed by atoms with Crippen molar-refractivity contribution in [1.82, 2.24) is 24.6 Å². The molecule has 3 saturated heterocycles. The zero-order valence-corrected chi connectivity index (χ0v) is 20.7. The normalized spacial score (nSPS) is 22.6. The molecule has 5 heterocycles. The van der Waals surface area contributed by atoms with Crippen molar-refractivity contribution < 1.29 is 14.6 Å². The molecule has 1 unspecified atom stereocenters. The zero-order valence-electron chi connectivity index (χ0n) is 19.9. The third kappa shape index (κ3) is 4.51. The summed E-state index contributed by atoms with van der Waals surface area (Å²) in [5.41, 5.74) is 2.19. The first kappa shape index (κ1) is 23.1. The van der Waals surface area contributed by atoms with Crippen LogP contribution in [0.25, 0.3) is 16.7 Å². The third-order valence-electron chi connectivity index (χ3n) is 7.49. The fraction of sp³-hybridized carbons (Fsp3) is 0.560. The van der Waals surface area contributed by atoms with Crippen molar-refractivity contribution in [3.63, 3.8) is 0 Å². The maximum Gasteiger partial charge on any atom is 0.159 e. The lowest BCUT2D eigenvalue weighted by Gasteiger charge is -2.41. The molecule has 0 bridgehead atoms. The second-order valence-corrected chi connectivity index (χ2v) is 10.2. The van der Waals surface area contributed by atoms with Crippen molar-refractivity contribution in [2.75, 3.05) is 57.5 Å². The molecular formula is C25H31ClN6O3. The molecule has 3 aromatic rings. The van der Waals surface area contributed by atoms with Crippen molar-refractivity contribution in [2.24, 2.45) is 0 Å². The average Bonchev–Trinajstić information content (AvgIpc) is 3.25. The third-order valence-corrected chi connectivity index (χ3v) is 7.81. The molecule has 1 aromatic carbocycles. The molecule has 1 N–H and O–H groups in total. The fourth-order valence-electron chi connectivity index (χ4n) is 5.41. The molecule has 2 aromatic heterocycles. The largest absolute Gasteiger partial charge is 0.394 e. The van der Waals surface area contributed by atoms with Crippen molar-refractivity contribution in [3.05, 3.63) is 40.8 Å². The molecule has 186 valence electrons. The molecule has 10 heteroatoms. The number of ether oxygens (including phenoxy) is 2. The average molecular weight is 499 g/mol. The van der Waals surface area contributed by atoms with Crippen LogP contribution < -0.4 is 4.90 Å². The minimum absolute atomic E-state index is 0.00584. The Labute approximate surface area is 209 Å². The molecule has 3 aliphatic heterocycles. The van der Waals surface area contributed by atoms with Gasteiger partial charge in [-0.2, -0.15) is 5.10 Å². The van der Waals surface area contributed by atoms with Crippen LogP contribution in [0.4, 0.5) is 5.82 Å². The molecule has 0 spiro atoms. The summed E-state index contributed by atoms with van der Waals surface area (Å²) in [5, 5.41) is 16.0. The van der Waals surface area contributed by atoms with Gasteiger partial charge in [0, 0.05) is 29.6 Å². The molecule has 6 rings (SSSR count). The highest BCUT2D eigenvalue weighted by molar-refractivity contribution is 6.32. The number of morpholine rings is 1. The molecule has 1 atom stereocenters. The van der Waals surface area contributed by atoms with Crippen LogP contribution >= 0.6 is 11.6 Å². The van der Waals surface area contributed by atoms with Crippen LogP contribution in [-0.2, 0) is 9.47 Å². The summed E-state index contributed by atoms with van der Waals surface area (Å²) in [5.74, 6) is 2.65. The number of anilines is 1. The van der Waals surface area contributed by atoms with E-state index in [9.17, 15) is 5.11 Å². The number of piperidine rings is 1. The highest BCUT2D eigenvalue weighted by Gasteiger charge is 2.31. The van der Waals surface area contributed by atoms with Crippen molar-refractivity contribution in [2.45, 2.75) is 37.8 Å². The Hall–Kier alpha value is -2.30. The minimum Gasteiger partial charge on any atom is -0.394 e. The molecule has 0 amide bonds. The SMILES string of the molecule is Cc1nc(N2CCOC(CO)C2)cc(-n2ncc3cc(Cl)c(C4CCN(C5COC5)CC4)cc32)n1. The van der Waals surface area contributed by atoms with E-state index in [1.165, 1.54) is 5.56 Å². The molecule has 9 nitrogen and oxygen atoms in total. The number of aliphatic hydroxyl groups is 1. The fourth-order valence-corrected chi connectivity index (χ4v) is 5.74. The molecular weight excluding hydrogens is 468 g/mol. The van der Waals surface area contributed by atoms with Crippen molar-refractivity contribution >= 4 is 28.3 Å². The second kappa shape index (κ2) is 9.63. The van der Waals surface area contributed by atoms with Gasteiger partial charge in [-0.3, -0.25) is 4.90 Å². The van der Waals surface area contributed by atoms with Crippen LogP contribution in [0.2, 0.25) is 5.02 Å². The zero-order chi connectivity index (χ0) is 23.9. The summed E-state index contributed by atoms with van der Waals surface area (Å²) in [4.78, 5) is 14.0. The van der Waals surface area contributed by atoms with E-state index >= 15 is 0 Å². The minimum atomic E-state index is -0.207. The maximum atomic E-state index is 9.53. The lowest BCUT2D eigenvalue weighted by Crippen LogP contribution is -2.51. The van der Waals surface area contributed by atoms with E-state index in [4.69, 9.17) is 26.1 Å². The predicted octanol–water partition coefficient (Wildman–Crippen LogP) is 2.55. The van der Waals surface area contributed by atoms with Crippen LogP contribution in [0.15, 0.2) is 24.4 Å². The smallest absolute Gasteiger partial charge is 0.159 e. The summed E-state index contributed by atoms with van der Waals surface area (Å²) < 4.78 is 12.9. The standard InChI is InChI=1S/C25H31ClN6O3/c1-16-28-24(31-6-7-35-20(12-31)13-33)10-25(29-16)32-23-9-21(22(26)8-18(23)11-27-32)17-2-4-30(5-3-17)19-14-34-15-19/h8-11,17,19-20,33H,2-7,12-15H2,1H3. The van der Waals surface area contributed by atoms with E-state index in [-0.39, 0.29) is 12.7 Å². The lowest BCUT2D eigenvalue weighted by atomic mass is 9.88. The van der Waals surface area contributed by atoms with Crippen molar-refractivity contribution in [1.29, 1.82) is 0 Å². The van der Waals surface area contributed by atoms with Crippen LogP contribution in [0.5, 0.6) is 0 Å². The highest BCUT2D eigenvalue weighted by Crippen LogP contribution is 2.37. The van der Waals surface area contributed by atoms with Gasteiger partial charge in [0.15, 0.2) is 5.82 Å². The van der Waals surface area contributed by atoms with E-state index in [1.807, 2.05) is 29.9 Å². The summed E-state index contributed by atoms with van der Waals surface area (Å²) >= 11 is 6.77. The monoisotopic (exact) mass is 498 g/mol. The number of halogens is 1. The van der Waals surface area contributed by atoms with Gasteiger partial charge in [-0.25, -0.2) is 14.6 Å². The number of fused-ring (bicyclic) bond motifs is 1. The Balaban J connectivity index is 1.30. The summed E-state index contributed by atoms with van der Waals surface area (Å²) in [6.45, 7) is 7.65. The number of aromatic nitrogens is 4. The maximum absolute atomic E-state index is 9.53. The number of hydrogen-bond acceptors (Lipinski definition) is 8. The van der Waals surface area contributed by atoms with Crippen LogP contribution in [-0.4, -0.2) is 94.5 Å². The van der Waals surface area contributed by atoms with E-state index in [0.29, 0.717) is 30.9 Å². The summed E-state index contributed by atoms with van der Waals surface area (Å²) in [6, 6.07) is 6.78. The Morgan fingerprint density at radius 2 is 1.89 bits per heavy atom. The van der Waals surface area contributed by atoms with Gasteiger partial charge < -0.3 is 19.5 Å². The van der Waals surface area contributed by atoms with Gasteiger partial charge >= 0.3 is 0 Å². The van der Waals surface area contributed by atoms with Gasteiger partial charge in [-0.1, -0.05) is 11.6 Å². The highest BCUT2D eigenvalue weighted by atomic mass is 35.5. The first-order chi connectivity index (χ1) is 17.1. The van der Waals surface area contributed by atoms with E-state index in [0.717, 1.165) is 73.3 Å². The van der Waals surface area contributed by atoms with E-state index in [1.54, 1.807) is 0 Å². The molecule has 3 aliphatic rings. The Morgan fingerprint density at radius 1 is 1.09 bits per heavy atom. The number of nitrogens with zero attached hydrogens (tertiary/aromatic N) is 6. The van der Waals surface area contributed by atoms with Gasteiger partial charge in [0.25, 0.3) is 0 Å². The van der Waals surface area contributed by atoms with Crippen LogP contribution in [0.1, 0.15) is 30.1 Å². The van der Waals surface area contributed by atoms with E-state index < -0.39 is 0 Å². The van der Waals surface area contributed by atoms with Crippen molar-refractivity contribution in [3.8, 4) is 5.82 Å². The lowest BCUT2D eigenvalue weighted by molar-refractivity contribution is -0.0712. The number of hydrogen-bond donors (Lipinski definition) is 1. The van der Waals surface area contributed by atoms with E-state index in [2.05, 4.69) is 25.9 Å². The Morgan fingerprint density at radius 3 is 2.63 bits per heavy atom. The first-order valence-corrected chi connectivity index (χ1v) is 12.8. The Bertz CT molecular complexity index is 1210. The number of aryl methyl sites for hydroxylation is 1. The first-order valence-electron chi connectivity index (χ1n) is 12.4. The van der Waals surface area contributed by atoms with Gasteiger partial charge in [-0.05, 0) is 56.5 Å². The molecule has 0 radical (unpaired) electrons. The molecule has 0 aliphatic carbocycles. The van der Waals surface area contributed by atoms with Gasteiger partial charge in [-0.15, -0.1) is 0 Å². The number of benzene rings is 1. The summed E-state index contributed by atoms with van der Waals surface area (Å²) in [6.07, 6.45) is 3.82. The number of rotatable bonds is 5. The topological polar surface area (TPSA) is 88.8 Å². The van der Waals surface area contributed by atoms with Gasteiger partial charge in [0.1, 0.15) is 11.6 Å². The Kier molecular flexibility index (Phi) is 6.36. The van der Waals surface area contributed by atoms with Crippen LogP contribution in [0, 0.1) is 6.92 Å². The van der Waals surface area contributed by atoms with Gasteiger partial charge in [0.05, 0.1) is 50.3 Å². The molecule has 35 heavy (non-hydrogen) atoms. The van der Waals surface area contributed by atoms with Crippen LogP contribution in [0.3, 0.4) is 0 Å². The predicted molar refractivity (Wildman–Crippen MR) is 134 cm³/mol. The molecule has 3 fully saturated rings. The summed E-state index contributed by atoms with van der Waals surface area (Å²) in [7, 11) is 0. The quantitative estimate of drug-likeness (QED) is 0.574. The number of aliphatic hydroxyl groups excluding tert-OH is 1. The van der Waals surface area contributed by atoms with Gasteiger partial charge in [0.2, 0.25) is 0 Å². The second-order valence-electron chi connectivity index (χ2n) is 9.74. The molecule has 0 saturated carbocycles. The number of likely N-dealkylation sites (tertiary alicyclic amines) is 1.